The minimum absolute atomic E-state index is 0.194. The van der Waals surface area contributed by atoms with Crippen LogP contribution in [0.15, 0.2) is 16.9 Å². The van der Waals surface area contributed by atoms with Crippen LogP contribution in [0.25, 0.3) is 0 Å². The maximum atomic E-state index is 12.2. The lowest BCUT2D eigenvalue weighted by atomic mass is 10.1. The number of rotatable bonds is 2. The molecular weight excluding hydrogens is 232 g/mol. The van der Waals surface area contributed by atoms with Gasteiger partial charge in [-0.3, -0.25) is 4.98 Å². The molecule has 1 rings (SSSR count). The number of halogens is 3. The fourth-order valence-electron chi connectivity index (χ4n) is 0.832. The number of alkyl halides is 2. The number of aliphatic hydroxyl groups excluding tert-OH is 1. The zero-order chi connectivity index (χ0) is 9.14. The summed E-state index contributed by atoms with van der Waals surface area (Å²) < 4.78 is 24.9. The number of pyridine rings is 1. The third kappa shape index (κ3) is 1.78. The first-order valence-corrected chi connectivity index (χ1v) is 3.97. The molecule has 0 aliphatic heterocycles. The summed E-state index contributed by atoms with van der Waals surface area (Å²) in [5.41, 5.74) is -0.0353. The molecule has 1 heterocycles. The van der Waals surface area contributed by atoms with Crippen LogP contribution >= 0.6 is 15.9 Å². The average Bonchev–Trinajstić information content (AvgIpc) is 2.03. The van der Waals surface area contributed by atoms with E-state index in [1.165, 1.54) is 6.20 Å². The molecule has 2 nitrogen and oxygen atoms in total. The third-order valence-corrected chi connectivity index (χ3v) is 2.11. The fraction of sp³-hybridized carbons (Fsp3) is 0.286. The van der Waals surface area contributed by atoms with E-state index in [9.17, 15) is 8.78 Å². The first-order valence-electron chi connectivity index (χ1n) is 3.18. The molecule has 66 valence electrons. The van der Waals surface area contributed by atoms with Crippen LogP contribution in [0.1, 0.15) is 17.6 Å². The summed E-state index contributed by atoms with van der Waals surface area (Å²) in [5.74, 6) is 0. The Hall–Kier alpha value is -0.550. The number of nitrogens with zero attached hydrogens (tertiary/aromatic N) is 1. The second kappa shape index (κ2) is 3.91. The van der Waals surface area contributed by atoms with Crippen LogP contribution in [0.2, 0.25) is 0 Å². The molecule has 0 radical (unpaired) electrons. The lowest BCUT2D eigenvalue weighted by Crippen LogP contribution is -1.96. The minimum atomic E-state index is -2.60. The largest absolute Gasteiger partial charge is 0.392 e. The van der Waals surface area contributed by atoms with Crippen molar-refractivity contribution in [1.82, 2.24) is 4.98 Å². The van der Waals surface area contributed by atoms with Gasteiger partial charge in [-0.2, -0.15) is 0 Å². The van der Waals surface area contributed by atoms with E-state index in [0.717, 1.165) is 6.20 Å². The van der Waals surface area contributed by atoms with Crippen molar-refractivity contribution in [2.45, 2.75) is 13.0 Å². The van der Waals surface area contributed by atoms with Crippen LogP contribution in [0.5, 0.6) is 0 Å². The Kier molecular flexibility index (Phi) is 3.11. The maximum absolute atomic E-state index is 12.2. The summed E-state index contributed by atoms with van der Waals surface area (Å²) in [6, 6.07) is 0. The van der Waals surface area contributed by atoms with E-state index in [1.807, 2.05) is 0 Å². The van der Waals surface area contributed by atoms with Gasteiger partial charge in [0, 0.05) is 28.0 Å². The molecule has 0 aromatic carbocycles. The molecule has 1 N–H and O–H groups in total. The van der Waals surface area contributed by atoms with Crippen molar-refractivity contribution in [2.24, 2.45) is 0 Å². The van der Waals surface area contributed by atoms with Crippen molar-refractivity contribution >= 4 is 15.9 Å². The lowest BCUT2D eigenvalue weighted by molar-refractivity contribution is 0.146. The number of hydrogen-bond donors (Lipinski definition) is 1. The molecule has 0 aliphatic carbocycles. The Morgan fingerprint density at radius 3 is 2.58 bits per heavy atom. The Balaban J connectivity index is 3.18. The molecule has 0 amide bonds. The van der Waals surface area contributed by atoms with E-state index < -0.39 is 13.0 Å². The highest BCUT2D eigenvalue weighted by Crippen LogP contribution is 2.27. The molecule has 12 heavy (non-hydrogen) atoms. The van der Waals surface area contributed by atoms with Crippen LogP contribution in [0.4, 0.5) is 8.78 Å². The van der Waals surface area contributed by atoms with E-state index in [2.05, 4.69) is 20.9 Å². The van der Waals surface area contributed by atoms with Gasteiger partial charge >= 0.3 is 0 Å². The van der Waals surface area contributed by atoms with E-state index in [1.54, 1.807) is 0 Å². The second-order valence-electron chi connectivity index (χ2n) is 2.15. The predicted molar refractivity (Wildman–Crippen MR) is 42.8 cm³/mol. The summed E-state index contributed by atoms with van der Waals surface area (Å²) in [4.78, 5) is 3.58. The molecule has 0 atom stereocenters. The van der Waals surface area contributed by atoms with Gasteiger partial charge in [0.05, 0.1) is 6.61 Å². The molecule has 0 saturated heterocycles. The Morgan fingerprint density at radius 2 is 2.17 bits per heavy atom. The Bertz CT molecular complexity index is 280. The van der Waals surface area contributed by atoms with Crippen molar-refractivity contribution in [3.63, 3.8) is 0 Å². The van der Waals surface area contributed by atoms with Gasteiger partial charge in [-0.1, -0.05) is 0 Å². The van der Waals surface area contributed by atoms with Gasteiger partial charge in [0.25, 0.3) is 6.43 Å². The van der Waals surface area contributed by atoms with Gasteiger partial charge < -0.3 is 5.11 Å². The average molecular weight is 238 g/mol. The van der Waals surface area contributed by atoms with E-state index >= 15 is 0 Å². The Labute approximate surface area is 76.4 Å². The molecule has 0 bridgehead atoms. The molecular formula is C7H6BrF2NO. The highest BCUT2D eigenvalue weighted by molar-refractivity contribution is 9.10. The van der Waals surface area contributed by atoms with Gasteiger partial charge in [-0.25, -0.2) is 8.78 Å². The predicted octanol–water partition coefficient (Wildman–Crippen LogP) is 2.27. The van der Waals surface area contributed by atoms with Gasteiger partial charge in [0.1, 0.15) is 0 Å². The number of aliphatic hydroxyl groups is 1. The van der Waals surface area contributed by atoms with E-state index in [-0.39, 0.29) is 11.1 Å². The van der Waals surface area contributed by atoms with Gasteiger partial charge in [-0.05, 0) is 15.9 Å². The first kappa shape index (κ1) is 9.54. The number of aromatic nitrogens is 1. The fourth-order valence-corrected chi connectivity index (χ4v) is 1.30. The van der Waals surface area contributed by atoms with Crippen LogP contribution < -0.4 is 0 Å². The molecule has 0 spiro atoms. The normalized spacial score (nSPS) is 10.8. The second-order valence-corrected chi connectivity index (χ2v) is 3.00. The Morgan fingerprint density at radius 1 is 1.50 bits per heavy atom. The summed E-state index contributed by atoms with van der Waals surface area (Å²) in [6.45, 7) is -0.414. The summed E-state index contributed by atoms with van der Waals surface area (Å²) in [6.07, 6.45) is -0.171. The SMILES string of the molecule is OCc1c(Br)cncc1C(F)F. The lowest BCUT2D eigenvalue weighted by Gasteiger charge is -2.06. The quantitative estimate of drug-likeness (QED) is 0.857. The van der Waals surface area contributed by atoms with Crippen molar-refractivity contribution in [1.29, 1.82) is 0 Å². The van der Waals surface area contributed by atoms with E-state index in [4.69, 9.17) is 5.11 Å². The number of hydrogen-bond acceptors (Lipinski definition) is 2. The van der Waals surface area contributed by atoms with Crippen molar-refractivity contribution in [2.75, 3.05) is 0 Å². The topological polar surface area (TPSA) is 33.1 Å². The van der Waals surface area contributed by atoms with Crippen molar-refractivity contribution < 1.29 is 13.9 Å². The van der Waals surface area contributed by atoms with Crippen LogP contribution in [-0.4, -0.2) is 10.1 Å². The van der Waals surface area contributed by atoms with Gasteiger partial charge in [0.15, 0.2) is 0 Å². The summed E-state index contributed by atoms with van der Waals surface area (Å²) >= 11 is 3.02. The van der Waals surface area contributed by atoms with E-state index in [0.29, 0.717) is 4.47 Å². The van der Waals surface area contributed by atoms with Gasteiger partial charge in [-0.15, -0.1) is 0 Å². The highest BCUT2D eigenvalue weighted by atomic mass is 79.9. The molecule has 0 unspecified atom stereocenters. The monoisotopic (exact) mass is 237 g/mol. The molecule has 1 aromatic heterocycles. The minimum Gasteiger partial charge on any atom is -0.392 e. The van der Waals surface area contributed by atoms with Crippen LogP contribution in [0, 0.1) is 0 Å². The zero-order valence-corrected chi connectivity index (χ0v) is 7.55. The zero-order valence-electron chi connectivity index (χ0n) is 5.97. The molecule has 0 saturated carbocycles. The van der Waals surface area contributed by atoms with Crippen LogP contribution in [0.3, 0.4) is 0 Å². The highest BCUT2D eigenvalue weighted by Gasteiger charge is 2.14. The molecule has 0 aliphatic rings. The molecule has 0 fully saturated rings. The van der Waals surface area contributed by atoms with Gasteiger partial charge in [0.2, 0.25) is 0 Å². The van der Waals surface area contributed by atoms with Crippen molar-refractivity contribution in [3.8, 4) is 0 Å². The first-order chi connectivity index (χ1) is 5.66. The molecule has 5 heteroatoms. The smallest absolute Gasteiger partial charge is 0.265 e. The standard InChI is InChI=1S/C7H6BrF2NO/c8-6-2-11-1-4(7(9)10)5(6)3-12/h1-2,7,12H,3H2. The summed E-state index contributed by atoms with van der Waals surface area (Å²) in [7, 11) is 0. The van der Waals surface area contributed by atoms with Crippen molar-refractivity contribution in [3.05, 3.63) is 28.0 Å². The molecule has 1 aromatic rings. The summed E-state index contributed by atoms with van der Waals surface area (Å²) in [5, 5.41) is 8.76. The third-order valence-electron chi connectivity index (χ3n) is 1.43. The van der Waals surface area contributed by atoms with Crippen LogP contribution in [-0.2, 0) is 6.61 Å². The maximum Gasteiger partial charge on any atom is 0.265 e.